The van der Waals surface area contributed by atoms with Crippen molar-refractivity contribution in [3.05, 3.63) is 96.1 Å². The molecule has 3 aromatic rings. The molecule has 0 spiro atoms. The molecule has 0 radical (unpaired) electrons. The summed E-state index contributed by atoms with van der Waals surface area (Å²) in [5, 5.41) is 4.26. The molecule has 0 aliphatic rings. The summed E-state index contributed by atoms with van der Waals surface area (Å²) in [7, 11) is -2.19. The molecular formula is C26H29N3O3S. The first kappa shape index (κ1) is 24.2. The maximum atomic E-state index is 12.8. The van der Waals surface area contributed by atoms with Crippen LogP contribution in [0, 0.1) is 0 Å². The molecule has 0 aromatic heterocycles. The van der Waals surface area contributed by atoms with Crippen molar-refractivity contribution in [1.29, 1.82) is 0 Å². The van der Waals surface area contributed by atoms with Crippen LogP contribution in [0.2, 0.25) is 0 Å². The molecular weight excluding hydrogens is 434 g/mol. The number of benzene rings is 3. The van der Waals surface area contributed by atoms with Gasteiger partial charge in [-0.2, -0.15) is 5.10 Å². The van der Waals surface area contributed by atoms with Crippen LogP contribution >= 0.6 is 0 Å². The molecule has 3 aromatic carbocycles. The second-order valence-electron chi connectivity index (χ2n) is 8.55. The third-order valence-electron chi connectivity index (χ3n) is 5.50. The van der Waals surface area contributed by atoms with E-state index in [1.165, 1.54) is 16.9 Å². The lowest BCUT2D eigenvalue weighted by atomic mass is 9.80. The molecule has 0 aliphatic carbocycles. The zero-order chi connectivity index (χ0) is 24.1. The van der Waals surface area contributed by atoms with E-state index in [0.29, 0.717) is 17.7 Å². The molecule has 7 heteroatoms. The van der Waals surface area contributed by atoms with Crippen molar-refractivity contribution in [2.45, 2.75) is 37.5 Å². The summed E-state index contributed by atoms with van der Waals surface area (Å²) >= 11 is 0. The summed E-state index contributed by atoms with van der Waals surface area (Å²) in [5.41, 5.74) is 5.34. The number of nitrogens with one attached hydrogen (secondary N) is 1. The highest BCUT2D eigenvalue weighted by Crippen LogP contribution is 2.27. The molecule has 6 nitrogen and oxygen atoms in total. The molecule has 0 saturated heterocycles. The lowest BCUT2D eigenvalue weighted by molar-refractivity contribution is 0.0954. The zero-order valence-electron chi connectivity index (χ0n) is 19.3. The summed E-state index contributed by atoms with van der Waals surface area (Å²) < 4.78 is 26.7. The Hall–Kier alpha value is -3.45. The monoisotopic (exact) mass is 463 g/mol. The number of nitrogens with zero attached hydrogens (tertiary/aromatic N) is 2. The van der Waals surface area contributed by atoms with Gasteiger partial charge < -0.3 is 0 Å². The zero-order valence-corrected chi connectivity index (χ0v) is 20.1. The van der Waals surface area contributed by atoms with Crippen molar-refractivity contribution < 1.29 is 13.2 Å². The molecule has 0 atom stereocenters. The van der Waals surface area contributed by atoms with E-state index in [2.05, 4.69) is 36.5 Å². The Bertz CT molecular complexity index is 1220. The Labute approximate surface area is 196 Å². The number of anilines is 1. The van der Waals surface area contributed by atoms with Crippen LogP contribution in [-0.4, -0.2) is 27.1 Å². The van der Waals surface area contributed by atoms with Crippen molar-refractivity contribution in [2.24, 2.45) is 5.10 Å². The van der Waals surface area contributed by atoms with E-state index in [1.807, 2.05) is 25.1 Å². The second kappa shape index (κ2) is 10.0. The highest BCUT2D eigenvalue weighted by molar-refractivity contribution is 7.92. The van der Waals surface area contributed by atoms with Crippen LogP contribution in [0.4, 0.5) is 5.69 Å². The van der Waals surface area contributed by atoms with E-state index < -0.39 is 10.0 Å². The van der Waals surface area contributed by atoms with Crippen LogP contribution in [0.15, 0.2) is 94.9 Å². The Balaban J connectivity index is 1.65. The predicted octanol–water partition coefficient (Wildman–Crippen LogP) is 4.99. The third kappa shape index (κ3) is 5.87. The highest BCUT2D eigenvalue weighted by Gasteiger charge is 2.22. The van der Waals surface area contributed by atoms with Gasteiger partial charge in [-0.25, -0.2) is 13.8 Å². The molecule has 0 fully saturated rings. The molecule has 0 saturated carbocycles. The SMILES string of the molecule is C/C(CC(C)(C)c1ccccc1)=N/NC(=O)c1ccc(N(C)S(=O)(=O)c2ccccc2)cc1. The van der Waals surface area contributed by atoms with Crippen LogP contribution in [0.1, 0.15) is 43.1 Å². The molecule has 0 aliphatic heterocycles. The molecule has 0 bridgehead atoms. The summed E-state index contributed by atoms with van der Waals surface area (Å²) in [6.45, 7) is 6.17. The molecule has 1 N–H and O–H groups in total. The van der Waals surface area contributed by atoms with Crippen LogP contribution in [0.3, 0.4) is 0 Å². The van der Waals surface area contributed by atoms with Gasteiger partial charge in [0.05, 0.1) is 10.6 Å². The smallest absolute Gasteiger partial charge is 0.269 e. The van der Waals surface area contributed by atoms with Gasteiger partial charge in [0.15, 0.2) is 0 Å². The van der Waals surface area contributed by atoms with Gasteiger partial charge in [0.2, 0.25) is 0 Å². The molecule has 1 amide bonds. The van der Waals surface area contributed by atoms with Gasteiger partial charge in [-0.15, -0.1) is 0 Å². The minimum absolute atomic E-state index is 0.115. The maximum absolute atomic E-state index is 12.8. The van der Waals surface area contributed by atoms with Crippen LogP contribution in [0.5, 0.6) is 0 Å². The number of rotatable bonds is 8. The minimum Gasteiger partial charge on any atom is -0.269 e. The van der Waals surface area contributed by atoms with Crippen LogP contribution < -0.4 is 9.73 Å². The van der Waals surface area contributed by atoms with E-state index in [9.17, 15) is 13.2 Å². The van der Waals surface area contributed by atoms with Crippen molar-refractivity contribution >= 4 is 27.3 Å². The van der Waals surface area contributed by atoms with Gasteiger partial charge in [0, 0.05) is 18.3 Å². The molecule has 172 valence electrons. The van der Waals surface area contributed by atoms with E-state index in [4.69, 9.17) is 0 Å². The predicted molar refractivity (Wildman–Crippen MR) is 133 cm³/mol. The fraction of sp³-hybridized carbons (Fsp3) is 0.231. The first-order chi connectivity index (χ1) is 15.6. The van der Waals surface area contributed by atoms with E-state index in [1.54, 1.807) is 54.6 Å². The number of hydrogen-bond acceptors (Lipinski definition) is 4. The highest BCUT2D eigenvalue weighted by atomic mass is 32.2. The largest absolute Gasteiger partial charge is 0.271 e. The van der Waals surface area contributed by atoms with Crippen molar-refractivity contribution in [1.82, 2.24) is 5.43 Å². The van der Waals surface area contributed by atoms with E-state index in [-0.39, 0.29) is 16.2 Å². The van der Waals surface area contributed by atoms with Gasteiger partial charge in [-0.3, -0.25) is 9.10 Å². The fourth-order valence-corrected chi connectivity index (χ4v) is 4.81. The third-order valence-corrected chi connectivity index (χ3v) is 7.30. The summed E-state index contributed by atoms with van der Waals surface area (Å²) in [5.74, 6) is -0.355. The summed E-state index contributed by atoms with van der Waals surface area (Å²) in [4.78, 5) is 12.7. The first-order valence-electron chi connectivity index (χ1n) is 10.6. The lowest BCUT2D eigenvalue weighted by Crippen LogP contribution is -2.26. The van der Waals surface area contributed by atoms with Crippen LogP contribution in [-0.2, 0) is 15.4 Å². The number of carbonyl (C=O) groups excluding carboxylic acids is 1. The Morgan fingerprint density at radius 1 is 0.909 bits per heavy atom. The van der Waals surface area contributed by atoms with Gasteiger partial charge in [-0.05, 0) is 60.7 Å². The fourth-order valence-electron chi connectivity index (χ4n) is 3.59. The summed E-state index contributed by atoms with van der Waals surface area (Å²) in [6, 6.07) is 24.8. The van der Waals surface area contributed by atoms with E-state index >= 15 is 0 Å². The van der Waals surface area contributed by atoms with Gasteiger partial charge >= 0.3 is 0 Å². The topological polar surface area (TPSA) is 78.8 Å². The summed E-state index contributed by atoms with van der Waals surface area (Å²) in [6.07, 6.45) is 0.693. The number of carbonyl (C=O) groups is 1. The van der Waals surface area contributed by atoms with Crippen molar-refractivity contribution in [3.8, 4) is 0 Å². The number of sulfonamides is 1. The van der Waals surface area contributed by atoms with Gasteiger partial charge in [0.1, 0.15) is 0 Å². The molecule has 0 unspecified atom stereocenters. The molecule has 3 rings (SSSR count). The van der Waals surface area contributed by atoms with Crippen molar-refractivity contribution in [3.63, 3.8) is 0 Å². The standard InChI is InChI=1S/C26H29N3O3S/c1-20(19-26(2,3)22-11-7-5-8-12-22)27-28-25(30)21-15-17-23(18-16-21)29(4)33(31,32)24-13-9-6-10-14-24/h5-18H,19H2,1-4H3,(H,28,30)/b27-20-. The normalized spacial score (nSPS) is 12.3. The number of hydrogen-bond donors (Lipinski definition) is 1. The van der Waals surface area contributed by atoms with Gasteiger partial charge in [-0.1, -0.05) is 62.4 Å². The Kier molecular flexibility index (Phi) is 7.33. The quantitative estimate of drug-likeness (QED) is 0.378. The maximum Gasteiger partial charge on any atom is 0.271 e. The van der Waals surface area contributed by atoms with E-state index in [0.717, 1.165) is 5.71 Å². The van der Waals surface area contributed by atoms with Gasteiger partial charge in [0.25, 0.3) is 15.9 Å². The second-order valence-corrected chi connectivity index (χ2v) is 10.5. The number of hydrazone groups is 1. The minimum atomic E-state index is -3.68. The van der Waals surface area contributed by atoms with Crippen molar-refractivity contribution in [2.75, 3.05) is 11.4 Å². The molecule has 33 heavy (non-hydrogen) atoms. The Morgan fingerprint density at radius 3 is 2.03 bits per heavy atom. The average Bonchev–Trinajstić information content (AvgIpc) is 2.83. The number of amides is 1. The Morgan fingerprint density at radius 2 is 1.45 bits per heavy atom. The average molecular weight is 464 g/mol. The van der Waals surface area contributed by atoms with Crippen LogP contribution in [0.25, 0.3) is 0 Å². The lowest BCUT2D eigenvalue weighted by Gasteiger charge is -2.25. The first-order valence-corrected chi connectivity index (χ1v) is 12.1. The molecule has 0 heterocycles.